The highest BCUT2D eigenvalue weighted by molar-refractivity contribution is 5.96. The van der Waals surface area contributed by atoms with Crippen molar-refractivity contribution in [1.82, 2.24) is 20.5 Å². The van der Waals surface area contributed by atoms with Gasteiger partial charge in [0.05, 0.1) is 17.5 Å². The van der Waals surface area contributed by atoms with Crippen LogP contribution in [0.1, 0.15) is 46.4 Å². The molecule has 2 aromatic heterocycles. The number of amides is 1. The molecule has 0 bridgehead atoms. The maximum absolute atomic E-state index is 12.1. The number of hydrogen-bond acceptors (Lipinski definition) is 4. The molecular formula is C12H16N4O2. The van der Waals surface area contributed by atoms with E-state index in [0.29, 0.717) is 17.1 Å². The zero-order chi connectivity index (χ0) is 13.3. The molecule has 0 spiro atoms. The summed E-state index contributed by atoms with van der Waals surface area (Å²) in [6, 6.07) is -0.278. The van der Waals surface area contributed by atoms with Gasteiger partial charge >= 0.3 is 0 Å². The highest BCUT2D eigenvalue weighted by atomic mass is 16.4. The monoisotopic (exact) mass is 248 g/mol. The zero-order valence-electron chi connectivity index (χ0n) is 10.9. The van der Waals surface area contributed by atoms with E-state index in [4.69, 9.17) is 4.42 Å². The maximum atomic E-state index is 12.1. The fourth-order valence-corrected chi connectivity index (χ4v) is 1.79. The van der Waals surface area contributed by atoms with E-state index in [1.54, 1.807) is 13.1 Å². The van der Waals surface area contributed by atoms with Gasteiger partial charge in [0.15, 0.2) is 0 Å². The minimum absolute atomic E-state index is 0.179. The standard InChI is InChI=1S/C12H16N4O2/c1-6-5-13-12(18-6)9(4)14-11(17)10-7(2)15-16-8(10)3/h5,9H,1-4H3,(H,14,17)(H,15,16). The van der Waals surface area contributed by atoms with E-state index in [2.05, 4.69) is 20.5 Å². The summed E-state index contributed by atoms with van der Waals surface area (Å²) in [5.74, 6) is 1.04. The zero-order valence-corrected chi connectivity index (χ0v) is 10.9. The number of H-pyrrole nitrogens is 1. The first-order valence-electron chi connectivity index (χ1n) is 5.73. The number of aromatic nitrogens is 3. The average molecular weight is 248 g/mol. The van der Waals surface area contributed by atoms with Crippen LogP contribution in [0, 0.1) is 20.8 Å². The van der Waals surface area contributed by atoms with Crippen LogP contribution < -0.4 is 5.32 Å². The summed E-state index contributed by atoms with van der Waals surface area (Å²) in [6.45, 7) is 7.25. The molecule has 18 heavy (non-hydrogen) atoms. The van der Waals surface area contributed by atoms with Gasteiger partial charge in [-0.05, 0) is 27.7 Å². The number of nitrogens with zero attached hydrogens (tertiary/aromatic N) is 2. The first-order valence-corrected chi connectivity index (χ1v) is 5.73. The normalized spacial score (nSPS) is 12.4. The van der Waals surface area contributed by atoms with Gasteiger partial charge in [0.25, 0.3) is 5.91 Å². The first-order chi connectivity index (χ1) is 8.49. The first kappa shape index (κ1) is 12.3. The lowest BCUT2D eigenvalue weighted by atomic mass is 10.1. The smallest absolute Gasteiger partial charge is 0.255 e. The molecular weight excluding hydrogens is 232 g/mol. The molecule has 0 aliphatic rings. The lowest BCUT2D eigenvalue weighted by Gasteiger charge is -2.10. The van der Waals surface area contributed by atoms with Crippen LogP contribution in [0.4, 0.5) is 0 Å². The molecule has 0 aliphatic carbocycles. The molecule has 0 aromatic carbocycles. The third kappa shape index (κ3) is 2.27. The molecule has 96 valence electrons. The largest absolute Gasteiger partial charge is 0.444 e. The highest BCUT2D eigenvalue weighted by Gasteiger charge is 2.19. The van der Waals surface area contributed by atoms with Crippen LogP contribution in [0.15, 0.2) is 10.6 Å². The van der Waals surface area contributed by atoms with Gasteiger partial charge in [0.2, 0.25) is 5.89 Å². The summed E-state index contributed by atoms with van der Waals surface area (Å²) >= 11 is 0. The maximum Gasteiger partial charge on any atom is 0.255 e. The van der Waals surface area contributed by atoms with Crippen molar-refractivity contribution < 1.29 is 9.21 Å². The Bertz CT molecular complexity index is 551. The molecule has 0 aliphatic heterocycles. The third-order valence-electron chi connectivity index (χ3n) is 2.71. The summed E-state index contributed by atoms with van der Waals surface area (Å²) in [5, 5.41) is 9.62. The van der Waals surface area contributed by atoms with Crippen molar-refractivity contribution in [2.24, 2.45) is 0 Å². The molecule has 2 N–H and O–H groups in total. The molecule has 0 saturated heterocycles. The Labute approximate surface area is 105 Å². The second-order valence-electron chi connectivity index (χ2n) is 4.31. The molecule has 6 nitrogen and oxygen atoms in total. The van der Waals surface area contributed by atoms with Crippen molar-refractivity contribution >= 4 is 5.91 Å². The van der Waals surface area contributed by atoms with E-state index < -0.39 is 0 Å². The molecule has 0 radical (unpaired) electrons. The Morgan fingerprint density at radius 1 is 1.44 bits per heavy atom. The van der Waals surface area contributed by atoms with Crippen molar-refractivity contribution in [1.29, 1.82) is 0 Å². The predicted octanol–water partition coefficient (Wildman–Crippen LogP) is 1.81. The van der Waals surface area contributed by atoms with E-state index >= 15 is 0 Å². The minimum atomic E-state index is -0.278. The number of oxazole rings is 1. The SMILES string of the molecule is Cc1cnc(C(C)NC(=O)c2c(C)n[nH]c2C)o1. The van der Waals surface area contributed by atoms with Crippen molar-refractivity contribution in [3.63, 3.8) is 0 Å². The third-order valence-corrected chi connectivity index (χ3v) is 2.71. The lowest BCUT2D eigenvalue weighted by molar-refractivity contribution is 0.0932. The Morgan fingerprint density at radius 3 is 2.67 bits per heavy atom. The molecule has 1 amide bonds. The Hall–Kier alpha value is -2.11. The van der Waals surface area contributed by atoms with Crippen molar-refractivity contribution in [2.75, 3.05) is 0 Å². The number of rotatable bonds is 3. The van der Waals surface area contributed by atoms with Gasteiger partial charge in [0.1, 0.15) is 11.8 Å². The molecule has 2 rings (SSSR count). The Morgan fingerprint density at radius 2 is 2.17 bits per heavy atom. The molecule has 0 saturated carbocycles. The number of carbonyl (C=O) groups is 1. The van der Waals surface area contributed by atoms with Crippen LogP contribution in [-0.2, 0) is 0 Å². The molecule has 6 heteroatoms. The summed E-state index contributed by atoms with van der Waals surface area (Å²) in [6.07, 6.45) is 1.63. The highest BCUT2D eigenvalue weighted by Crippen LogP contribution is 2.15. The second kappa shape index (κ2) is 4.64. The minimum Gasteiger partial charge on any atom is -0.444 e. The number of aromatic amines is 1. The summed E-state index contributed by atoms with van der Waals surface area (Å²) in [4.78, 5) is 16.2. The fourth-order valence-electron chi connectivity index (χ4n) is 1.79. The quantitative estimate of drug-likeness (QED) is 0.867. The van der Waals surface area contributed by atoms with E-state index in [1.807, 2.05) is 20.8 Å². The van der Waals surface area contributed by atoms with Gasteiger partial charge < -0.3 is 9.73 Å². The molecule has 1 unspecified atom stereocenters. The summed E-state index contributed by atoms with van der Waals surface area (Å²) < 4.78 is 5.37. The van der Waals surface area contributed by atoms with Gasteiger partial charge in [-0.2, -0.15) is 5.10 Å². The van der Waals surface area contributed by atoms with Crippen LogP contribution in [0.5, 0.6) is 0 Å². The van der Waals surface area contributed by atoms with Crippen molar-refractivity contribution in [3.05, 3.63) is 34.8 Å². The van der Waals surface area contributed by atoms with Crippen LogP contribution in [0.2, 0.25) is 0 Å². The fraction of sp³-hybridized carbons (Fsp3) is 0.417. The Balaban J connectivity index is 2.13. The lowest BCUT2D eigenvalue weighted by Crippen LogP contribution is -2.27. The van der Waals surface area contributed by atoms with E-state index in [1.165, 1.54) is 0 Å². The van der Waals surface area contributed by atoms with Gasteiger partial charge in [-0.1, -0.05) is 0 Å². The van der Waals surface area contributed by atoms with E-state index in [-0.39, 0.29) is 11.9 Å². The summed E-state index contributed by atoms with van der Waals surface area (Å²) in [7, 11) is 0. The predicted molar refractivity (Wildman–Crippen MR) is 65.2 cm³/mol. The molecule has 1 atom stereocenters. The van der Waals surface area contributed by atoms with Crippen LogP contribution in [-0.4, -0.2) is 21.1 Å². The average Bonchev–Trinajstić information content (AvgIpc) is 2.85. The van der Waals surface area contributed by atoms with Crippen LogP contribution in [0.25, 0.3) is 0 Å². The van der Waals surface area contributed by atoms with Gasteiger partial charge in [-0.15, -0.1) is 0 Å². The number of carbonyl (C=O) groups excluding carboxylic acids is 1. The molecule has 2 heterocycles. The molecule has 0 fully saturated rings. The van der Waals surface area contributed by atoms with Crippen molar-refractivity contribution in [2.45, 2.75) is 33.7 Å². The van der Waals surface area contributed by atoms with Gasteiger partial charge in [-0.25, -0.2) is 4.98 Å². The van der Waals surface area contributed by atoms with Crippen LogP contribution in [0.3, 0.4) is 0 Å². The number of hydrogen-bond donors (Lipinski definition) is 2. The van der Waals surface area contributed by atoms with E-state index in [0.717, 1.165) is 11.5 Å². The number of aryl methyl sites for hydroxylation is 3. The summed E-state index contributed by atoms with van der Waals surface area (Å²) in [5.41, 5.74) is 2.01. The van der Waals surface area contributed by atoms with Gasteiger partial charge in [0, 0.05) is 5.69 Å². The molecule has 2 aromatic rings. The van der Waals surface area contributed by atoms with Crippen LogP contribution >= 0.6 is 0 Å². The van der Waals surface area contributed by atoms with Crippen molar-refractivity contribution in [3.8, 4) is 0 Å². The second-order valence-corrected chi connectivity index (χ2v) is 4.31. The van der Waals surface area contributed by atoms with E-state index in [9.17, 15) is 4.79 Å². The Kier molecular flexibility index (Phi) is 3.18. The van der Waals surface area contributed by atoms with Gasteiger partial charge in [-0.3, -0.25) is 9.89 Å². The topological polar surface area (TPSA) is 83.8 Å². The number of nitrogens with one attached hydrogen (secondary N) is 2.